The molecule has 2 rings (SSSR count). The highest BCUT2D eigenvalue weighted by atomic mass is 35.5. The molecule has 0 aromatic heterocycles. The van der Waals surface area contributed by atoms with Crippen molar-refractivity contribution >= 4 is 17.6 Å². The molecule has 5 heteroatoms. The molecule has 0 fully saturated rings. The lowest BCUT2D eigenvalue weighted by Gasteiger charge is -2.12. The smallest absolute Gasteiger partial charge is 0.322 e. The first-order chi connectivity index (χ1) is 10.2. The van der Waals surface area contributed by atoms with Crippen LogP contribution in [0.4, 0.5) is 0 Å². The van der Waals surface area contributed by atoms with E-state index >= 15 is 0 Å². The molecule has 2 aromatic carbocycles. The number of nitrogens with zero attached hydrogens (tertiary/aromatic N) is 1. The average Bonchev–Trinajstić information content (AvgIpc) is 2.53. The van der Waals surface area contributed by atoms with Gasteiger partial charge in [0.2, 0.25) is 6.10 Å². The molecule has 0 aliphatic carbocycles. The molecular formula is C16H12ClNO3. The number of halogens is 1. The Balaban J connectivity index is 2.17. The zero-order chi connectivity index (χ0) is 15.1. The Morgan fingerprint density at radius 3 is 2.52 bits per heavy atom. The summed E-state index contributed by atoms with van der Waals surface area (Å²) in [5, 5.41) is 9.09. The van der Waals surface area contributed by atoms with Crippen molar-refractivity contribution in [3.05, 3.63) is 60.2 Å². The number of carbonyl (C=O) groups excluding carboxylic acids is 1. The second-order valence-electron chi connectivity index (χ2n) is 4.12. The molecule has 2 aromatic rings. The lowest BCUT2D eigenvalue weighted by Crippen LogP contribution is -2.11. The molecular weight excluding hydrogens is 290 g/mol. The zero-order valence-electron chi connectivity index (χ0n) is 11.0. The highest BCUT2D eigenvalue weighted by Gasteiger charge is 2.16. The normalized spacial score (nSPS) is 11.2. The van der Waals surface area contributed by atoms with Gasteiger partial charge < -0.3 is 9.47 Å². The summed E-state index contributed by atoms with van der Waals surface area (Å²) in [6.45, 7) is 0. The number of hydrogen-bond acceptors (Lipinski definition) is 4. The van der Waals surface area contributed by atoms with Gasteiger partial charge in [0, 0.05) is 5.56 Å². The van der Waals surface area contributed by atoms with E-state index in [2.05, 4.69) is 0 Å². The van der Waals surface area contributed by atoms with Gasteiger partial charge in [-0.05, 0) is 24.3 Å². The Labute approximate surface area is 127 Å². The van der Waals surface area contributed by atoms with Gasteiger partial charge in [-0.1, -0.05) is 30.3 Å². The van der Waals surface area contributed by atoms with Crippen molar-refractivity contribution in [2.45, 2.75) is 6.10 Å². The van der Waals surface area contributed by atoms with Crippen LogP contribution in [0.15, 0.2) is 54.6 Å². The number of carbonyl (C=O) groups is 1. The van der Waals surface area contributed by atoms with Crippen LogP contribution >= 0.6 is 11.6 Å². The predicted molar refractivity (Wildman–Crippen MR) is 78.1 cm³/mol. The molecule has 1 unspecified atom stereocenters. The quantitative estimate of drug-likeness (QED) is 0.622. The van der Waals surface area contributed by atoms with Crippen LogP contribution in [0, 0.1) is 11.3 Å². The van der Waals surface area contributed by atoms with E-state index in [-0.39, 0.29) is 5.88 Å². The molecule has 0 N–H and O–H groups in total. The van der Waals surface area contributed by atoms with Crippen molar-refractivity contribution in [3.63, 3.8) is 0 Å². The van der Waals surface area contributed by atoms with Crippen LogP contribution in [0.25, 0.3) is 0 Å². The van der Waals surface area contributed by atoms with Gasteiger partial charge in [-0.25, -0.2) is 0 Å². The second kappa shape index (κ2) is 7.32. The third-order valence-corrected chi connectivity index (χ3v) is 2.83. The van der Waals surface area contributed by atoms with Gasteiger partial charge >= 0.3 is 5.97 Å². The minimum atomic E-state index is -1.00. The Kier molecular flexibility index (Phi) is 5.19. The van der Waals surface area contributed by atoms with Crippen molar-refractivity contribution < 1.29 is 14.3 Å². The van der Waals surface area contributed by atoms with E-state index in [1.165, 1.54) is 0 Å². The van der Waals surface area contributed by atoms with Crippen molar-refractivity contribution in [3.8, 4) is 17.6 Å². The van der Waals surface area contributed by atoms with E-state index in [9.17, 15) is 4.79 Å². The molecule has 1 atom stereocenters. The monoisotopic (exact) mass is 301 g/mol. The number of nitriles is 1. The molecule has 4 nitrogen and oxygen atoms in total. The average molecular weight is 302 g/mol. The van der Waals surface area contributed by atoms with E-state index in [4.69, 9.17) is 26.3 Å². The summed E-state index contributed by atoms with van der Waals surface area (Å²) in [7, 11) is 0. The highest BCUT2D eigenvalue weighted by Crippen LogP contribution is 2.25. The van der Waals surface area contributed by atoms with Gasteiger partial charge in [-0.3, -0.25) is 4.79 Å². The summed E-state index contributed by atoms with van der Waals surface area (Å²) in [4.78, 5) is 11.2. The van der Waals surface area contributed by atoms with Crippen LogP contribution < -0.4 is 4.74 Å². The van der Waals surface area contributed by atoms with Crippen LogP contribution in [0.5, 0.6) is 11.5 Å². The number of esters is 1. The fourth-order valence-corrected chi connectivity index (χ4v) is 1.76. The van der Waals surface area contributed by atoms with Gasteiger partial charge in [0.1, 0.15) is 23.4 Å². The molecule has 0 spiro atoms. The first-order valence-electron chi connectivity index (χ1n) is 6.21. The molecule has 0 aliphatic rings. The topological polar surface area (TPSA) is 59.3 Å². The van der Waals surface area contributed by atoms with Crippen LogP contribution in [-0.4, -0.2) is 11.8 Å². The third kappa shape index (κ3) is 4.23. The molecule has 0 aliphatic heterocycles. The minimum absolute atomic E-state index is 0.293. The summed E-state index contributed by atoms with van der Waals surface area (Å²) in [6.07, 6.45) is -1.00. The molecule has 0 radical (unpaired) electrons. The lowest BCUT2D eigenvalue weighted by molar-refractivity contribution is -0.143. The van der Waals surface area contributed by atoms with Gasteiger partial charge in [0.25, 0.3) is 0 Å². The summed E-state index contributed by atoms with van der Waals surface area (Å²) in [5.41, 5.74) is 0.532. The molecule has 0 saturated heterocycles. The fourth-order valence-electron chi connectivity index (χ4n) is 1.70. The fraction of sp³-hybridized carbons (Fsp3) is 0.125. The van der Waals surface area contributed by atoms with Crippen molar-refractivity contribution in [2.24, 2.45) is 0 Å². The maximum absolute atomic E-state index is 11.2. The van der Waals surface area contributed by atoms with Gasteiger partial charge in [-0.15, -0.1) is 11.6 Å². The van der Waals surface area contributed by atoms with E-state index in [1.54, 1.807) is 24.3 Å². The summed E-state index contributed by atoms with van der Waals surface area (Å²) < 4.78 is 10.6. The molecule has 0 amide bonds. The van der Waals surface area contributed by atoms with Crippen molar-refractivity contribution in [1.29, 1.82) is 5.26 Å². The summed E-state index contributed by atoms with van der Waals surface area (Å²) >= 11 is 5.37. The SMILES string of the molecule is N#CC(OC(=O)CCl)c1cccc(Oc2ccccc2)c1. The van der Waals surface area contributed by atoms with Crippen molar-refractivity contribution in [1.82, 2.24) is 0 Å². The molecule has 21 heavy (non-hydrogen) atoms. The van der Waals surface area contributed by atoms with Gasteiger partial charge in [-0.2, -0.15) is 5.26 Å². The Bertz CT molecular complexity index is 652. The lowest BCUT2D eigenvalue weighted by atomic mass is 10.1. The molecule has 0 bridgehead atoms. The largest absolute Gasteiger partial charge is 0.457 e. The number of alkyl halides is 1. The summed E-state index contributed by atoms with van der Waals surface area (Å²) in [5.74, 6) is 0.303. The Morgan fingerprint density at radius 1 is 1.14 bits per heavy atom. The minimum Gasteiger partial charge on any atom is -0.457 e. The standard InChI is InChI=1S/C16H12ClNO3/c17-10-16(19)21-15(11-18)12-5-4-8-14(9-12)20-13-6-2-1-3-7-13/h1-9,15H,10H2. The van der Waals surface area contributed by atoms with Gasteiger partial charge in [0.15, 0.2) is 0 Å². The van der Waals surface area contributed by atoms with Crippen molar-refractivity contribution in [2.75, 3.05) is 5.88 Å². The second-order valence-corrected chi connectivity index (χ2v) is 4.39. The first kappa shape index (κ1) is 14.9. The number of ether oxygens (including phenoxy) is 2. The van der Waals surface area contributed by atoms with Crippen LogP contribution in [0.2, 0.25) is 0 Å². The third-order valence-electron chi connectivity index (χ3n) is 2.62. The molecule has 0 heterocycles. The molecule has 0 saturated carbocycles. The van der Waals surface area contributed by atoms with E-state index in [0.717, 1.165) is 0 Å². The number of hydrogen-bond donors (Lipinski definition) is 0. The maximum atomic E-state index is 11.2. The number of rotatable bonds is 5. The van der Waals surface area contributed by atoms with E-state index in [0.29, 0.717) is 17.1 Å². The first-order valence-corrected chi connectivity index (χ1v) is 6.74. The number of benzene rings is 2. The zero-order valence-corrected chi connectivity index (χ0v) is 11.8. The van der Waals surface area contributed by atoms with Gasteiger partial charge in [0.05, 0.1) is 0 Å². The number of para-hydroxylation sites is 1. The molecule has 106 valence electrons. The highest BCUT2D eigenvalue weighted by molar-refractivity contribution is 6.26. The van der Waals surface area contributed by atoms with E-state index in [1.807, 2.05) is 36.4 Å². The Morgan fingerprint density at radius 2 is 1.86 bits per heavy atom. The summed E-state index contributed by atoms with van der Waals surface area (Å²) in [6, 6.07) is 18.0. The predicted octanol–water partition coefficient (Wildman–Crippen LogP) is 3.83. The van der Waals surface area contributed by atoms with Crippen LogP contribution in [0.1, 0.15) is 11.7 Å². The van der Waals surface area contributed by atoms with E-state index < -0.39 is 12.1 Å². The van der Waals surface area contributed by atoms with Crippen LogP contribution in [-0.2, 0) is 9.53 Å². The maximum Gasteiger partial charge on any atom is 0.322 e. The Hall–Kier alpha value is -2.51. The van der Waals surface area contributed by atoms with Crippen LogP contribution in [0.3, 0.4) is 0 Å².